The molecule has 0 unspecified atom stereocenters. The Morgan fingerprint density at radius 1 is 0.941 bits per heavy atom. The van der Waals surface area contributed by atoms with Crippen LogP contribution >= 0.6 is 11.6 Å². The number of fused-ring (bicyclic) bond motifs is 1. The average Bonchev–Trinajstić information content (AvgIpc) is 2.86. The Hall–Kier alpha value is -2.29. The molecule has 0 amide bonds. The highest BCUT2D eigenvalue weighted by molar-refractivity contribution is 7.86. The molecule has 22 heteroatoms. The fourth-order valence-corrected chi connectivity index (χ4v) is 2.22. The lowest BCUT2D eigenvalue weighted by Gasteiger charge is -2.25. The van der Waals surface area contributed by atoms with Gasteiger partial charge in [0.15, 0.2) is 10.1 Å². The molecule has 0 radical (unpaired) electrons. The van der Waals surface area contributed by atoms with Gasteiger partial charge < -0.3 is 4.55 Å². The zero-order valence-corrected chi connectivity index (χ0v) is 16.9. The Bertz CT molecular complexity index is 1140. The molecular formula is C12H5ClF13N3O4S. The number of aromatic nitrogens is 3. The summed E-state index contributed by atoms with van der Waals surface area (Å²) in [6.07, 6.45) is -18.3. The van der Waals surface area contributed by atoms with Crippen molar-refractivity contribution in [1.29, 1.82) is 0 Å². The van der Waals surface area contributed by atoms with Gasteiger partial charge in [-0.2, -0.15) is 57.1 Å². The lowest BCUT2D eigenvalue weighted by molar-refractivity contribution is -0.712. The predicted octanol–water partition coefficient (Wildman–Crippen LogP) is 3.80. The first-order chi connectivity index (χ1) is 14.7. The Morgan fingerprint density at radius 3 is 1.68 bits per heavy atom. The normalized spacial score (nSPS) is 14.1. The van der Waals surface area contributed by atoms with E-state index in [1.807, 2.05) is 0 Å². The van der Waals surface area contributed by atoms with Crippen LogP contribution in [0.5, 0.6) is 0 Å². The van der Waals surface area contributed by atoms with Crippen molar-refractivity contribution in [2.45, 2.75) is 29.9 Å². The van der Waals surface area contributed by atoms with Crippen LogP contribution < -0.4 is 9.52 Å². The van der Waals surface area contributed by atoms with Crippen LogP contribution in [0.25, 0.3) is 11.0 Å². The maximum Gasteiger partial charge on any atom is 0.485 e. The molecule has 0 aliphatic rings. The number of nitrogens with zero attached hydrogens (tertiary/aromatic N) is 3. The zero-order valence-electron chi connectivity index (χ0n) is 15.3. The zero-order chi connectivity index (χ0) is 27.3. The molecule has 0 aliphatic heterocycles. The minimum atomic E-state index is -6.60. The molecular weight excluding hydrogens is 565 g/mol. The van der Waals surface area contributed by atoms with Crippen LogP contribution in [0.4, 0.5) is 57.1 Å². The van der Waals surface area contributed by atoms with Gasteiger partial charge in [-0.05, 0) is 6.07 Å². The summed E-state index contributed by atoms with van der Waals surface area (Å²) in [6.45, 7) is 0. The highest BCUT2D eigenvalue weighted by Gasteiger charge is 2.78. The summed E-state index contributed by atoms with van der Waals surface area (Å²) >= 11 is 5.57. The van der Waals surface area contributed by atoms with Crippen molar-refractivity contribution >= 4 is 32.8 Å². The fourth-order valence-electron chi connectivity index (χ4n) is 1.88. The quantitative estimate of drug-likeness (QED) is 0.238. The van der Waals surface area contributed by atoms with E-state index in [4.69, 9.17) is 24.6 Å². The van der Waals surface area contributed by atoms with Gasteiger partial charge in [-0.15, -0.1) is 4.68 Å². The first-order valence-corrected chi connectivity index (χ1v) is 9.22. The molecule has 0 bridgehead atoms. The number of hydrogen-bond donors (Lipinski definition) is 0. The van der Waals surface area contributed by atoms with Gasteiger partial charge in [-0.3, -0.25) is 4.84 Å². The molecule has 0 saturated heterocycles. The third kappa shape index (κ3) is 6.03. The molecule has 1 aromatic heterocycles. The molecule has 0 spiro atoms. The van der Waals surface area contributed by atoms with Crippen molar-refractivity contribution in [1.82, 2.24) is 10.1 Å². The van der Waals surface area contributed by atoms with Crippen molar-refractivity contribution < 1.29 is 79.6 Å². The molecule has 34 heavy (non-hydrogen) atoms. The van der Waals surface area contributed by atoms with E-state index in [0.717, 1.165) is 7.05 Å². The Balaban J connectivity index is 0.000000620. The van der Waals surface area contributed by atoms with Gasteiger partial charge in [0, 0.05) is 6.07 Å². The van der Waals surface area contributed by atoms with Crippen LogP contribution in [0.15, 0.2) is 12.1 Å². The van der Waals surface area contributed by atoms with Crippen LogP contribution in [0.3, 0.4) is 0 Å². The second kappa shape index (κ2) is 8.73. The van der Waals surface area contributed by atoms with E-state index in [1.165, 1.54) is 0 Å². The van der Waals surface area contributed by atoms with E-state index in [9.17, 15) is 57.1 Å². The molecule has 1 aromatic carbocycles. The summed E-state index contributed by atoms with van der Waals surface area (Å²) in [6, 6.07) is 0.480. The number of halogens is 14. The summed E-state index contributed by atoms with van der Waals surface area (Å²) in [7, 11) is -5.16. The second-order valence-electron chi connectivity index (χ2n) is 5.79. The smallest absolute Gasteiger partial charge is 0.485 e. The highest BCUT2D eigenvalue weighted by atomic mass is 35.5. The average molecular weight is 570 g/mol. The molecule has 2 aromatic rings. The van der Waals surface area contributed by atoms with Gasteiger partial charge in [0.1, 0.15) is 12.3 Å². The van der Waals surface area contributed by atoms with Gasteiger partial charge in [-0.25, -0.2) is 8.42 Å². The minimum absolute atomic E-state index is 0.112. The highest BCUT2D eigenvalue weighted by Crippen LogP contribution is 2.45. The maximum absolute atomic E-state index is 13.7. The predicted molar refractivity (Wildman–Crippen MR) is 79.2 cm³/mol. The number of alkyl halides is 13. The van der Waals surface area contributed by atoms with Gasteiger partial charge in [0.2, 0.25) is 11.0 Å². The first kappa shape index (κ1) is 29.7. The molecule has 0 atom stereocenters. The lowest BCUT2D eigenvalue weighted by atomic mass is 10.2. The Labute approximate surface area is 182 Å². The Morgan fingerprint density at radius 2 is 1.35 bits per heavy atom. The van der Waals surface area contributed by atoms with Crippen molar-refractivity contribution in [2.75, 3.05) is 0 Å². The van der Waals surface area contributed by atoms with Crippen LogP contribution in [0.2, 0.25) is 5.02 Å². The SMILES string of the molecule is C[n+]1nn(OC(F)(C(F)(F)F)C(F)(F)F)c2cc(C(F)(F)F)cc(Cl)c21.O=S(=O)([O-])C(F)(F)F. The molecule has 7 nitrogen and oxygen atoms in total. The summed E-state index contributed by atoms with van der Waals surface area (Å²) in [5.74, 6) is -6.23. The van der Waals surface area contributed by atoms with E-state index in [-0.39, 0.29) is 6.07 Å². The van der Waals surface area contributed by atoms with Crippen LogP contribution in [-0.4, -0.2) is 46.7 Å². The number of rotatable bonds is 2. The molecule has 0 N–H and O–H groups in total. The lowest BCUT2D eigenvalue weighted by Crippen LogP contribution is -2.60. The van der Waals surface area contributed by atoms with E-state index in [2.05, 4.69) is 10.1 Å². The molecule has 2 rings (SSSR count). The standard InChI is InChI=1S/C11H5ClF10N3O.CHF3O3S/c1-24-7-5(12)2-4(8(13,14)15)3-6(7)25(23-24)26-9(16,10(17,18)19)11(20,21)22;2-1(3,4)8(5,6)7/h2-3H,1H3;(H,5,6,7)/q+1;/p-1. The third-order valence-electron chi connectivity index (χ3n) is 3.34. The summed E-state index contributed by atoms with van der Waals surface area (Å²) in [4.78, 5) is 2.67. The molecule has 196 valence electrons. The maximum atomic E-state index is 13.7. The molecule has 0 saturated carbocycles. The second-order valence-corrected chi connectivity index (χ2v) is 7.57. The number of benzene rings is 1. The van der Waals surface area contributed by atoms with E-state index in [0.29, 0.717) is 10.7 Å². The summed E-state index contributed by atoms with van der Waals surface area (Å²) < 4.78 is 187. The van der Waals surface area contributed by atoms with Gasteiger partial charge in [0.05, 0.1) is 15.4 Å². The first-order valence-electron chi connectivity index (χ1n) is 7.44. The summed E-state index contributed by atoms with van der Waals surface area (Å²) in [5.41, 5.74) is -8.76. The monoisotopic (exact) mass is 569 g/mol. The van der Waals surface area contributed by atoms with Crippen molar-refractivity contribution in [3.8, 4) is 0 Å². The molecule has 1 heterocycles. The van der Waals surface area contributed by atoms with Crippen LogP contribution in [-0.2, 0) is 23.3 Å². The van der Waals surface area contributed by atoms with E-state index >= 15 is 0 Å². The van der Waals surface area contributed by atoms with E-state index < -0.39 is 66.5 Å². The van der Waals surface area contributed by atoms with Crippen molar-refractivity contribution in [2.24, 2.45) is 7.05 Å². The van der Waals surface area contributed by atoms with Gasteiger partial charge in [0.25, 0.3) is 0 Å². The van der Waals surface area contributed by atoms with Crippen LogP contribution in [0, 0.1) is 0 Å². The number of aryl methyl sites for hydroxylation is 1. The minimum Gasteiger partial charge on any atom is -0.741 e. The van der Waals surface area contributed by atoms with Crippen molar-refractivity contribution in [3.63, 3.8) is 0 Å². The van der Waals surface area contributed by atoms with Gasteiger partial charge >= 0.3 is 29.9 Å². The van der Waals surface area contributed by atoms with Crippen LogP contribution in [0.1, 0.15) is 5.56 Å². The largest absolute Gasteiger partial charge is 0.741 e. The summed E-state index contributed by atoms with van der Waals surface area (Å²) in [5, 5.41) is 2.29. The molecule has 0 aliphatic carbocycles. The Kier molecular flexibility index (Phi) is 7.64. The third-order valence-corrected chi connectivity index (χ3v) is 4.20. The topological polar surface area (TPSA) is 88.1 Å². The number of hydrogen-bond acceptors (Lipinski definition) is 5. The van der Waals surface area contributed by atoms with E-state index in [1.54, 1.807) is 0 Å². The van der Waals surface area contributed by atoms with Crippen molar-refractivity contribution in [3.05, 3.63) is 22.7 Å². The fraction of sp³-hybridized carbons (Fsp3) is 0.500. The van der Waals surface area contributed by atoms with Gasteiger partial charge in [-0.1, -0.05) is 11.6 Å². The molecule has 0 fully saturated rings.